The van der Waals surface area contributed by atoms with Crippen LogP contribution < -0.4 is 20.5 Å². The largest absolute Gasteiger partial charge is 0.493 e. The molecule has 0 fully saturated rings. The topological polar surface area (TPSA) is 89.2 Å². The van der Waals surface area contributed by atoms with Gasteiger partial charge in [-0.3, -0.25) is 4.79 Å². The minimum absolute atomic E-state index is 0.0367. The van der Waals surface area contributed by atoms with Crippen LogP contribution in [0.2, 0.25) is 0 Å². The zero-order chi connectivity index (χ0) is 20.5. The number of ether oxygens (including phenoxy) is 2. The second-order valence-corrected chi connectivity index (χ2v) is 6.07. The second-order valence-electron chi connectivity index (χ2n) is 6.07. The monoisotopic (exact) mass is 384 g/mol. The average molecular weight is 384 g/mol. The van der Waals surface area contributed by atoms with Crippen LogP contribution in [0.4, 0.5) is 5.69 Å². The predicted molar refractivity (Wildman–Crippen MR) is 112 cm³/mol. The summed E-state index contributed by atoms with van der Waals surface area (Å²) in [6, 6.07) is 12.8. The first-order valence-corrected chi connectivity index (χ1v) is 9.19. The fourth-order valence-corrected chi connectivity index (χ4v) is 2.72. The molecule has 0 atom stereocenters. The van der Waals surface area contributed by atoms with Crippen LogP contribution in [-0.2, 0) is 6.54 Å². The Labute approximate surface area is 166 Å². The summed E-state index contributed by atoms with van der Waals surface area (Å²) >= 11 is 0. The maximum absolute atomic E-state index is 12.3. The maximum atomic E-state index is 12.3. The van der Waals surface area contributed by atoms with E-state index in [0.29, 0.717) is 36.7 Å². The van der Waals surface area contributed by atoms with Crippen molar-refractivity contribution in [2.24, 2.45) is 10.7 Å². The highest BCUT2D eigenvalue weighted by Gasteiger charge is 2.11. The molecule has 1 amide bonds. The zero-order valence-electron chi connectivity index (χ0n) is 16.9. The lowest BCUT2D eigenvalue weighted by atomic mass is 10.1. The third-order valence-corrected chi connectivity index (χ3v) is 4.34. The van der Waals surface area contributed by atoms with Crippen molar-refractivity contribution in [2.45, 2.75) is 20.4 Å². The Morgan fingerprint density at radius 2 is 1.68 bits per heavy atom. The van der Waals surface area contributed by atoms with Crippen molar-refractivity contribution in [1.82, 2.24) is 4.90 Å². The minimum Gasteiger partial charge on any atom is -0.493 e. The number of carbonyl (C=O) groups excluding carboxylic acids is 1. The van der Waals surface area contributed by atoms with E-state index in [2.05, 4.69) is 10.3 Å². The molecule has 0 aromatic heterocycles. The molecule has 150 valence electrons. The molecule has 0 aliphatic carbocycles. The molecule has 0 aliphatic heterocycles. The Morgan fingerprint density at radius 3 is 2.25 bits per heavy atom. The van der Waals surface area contributed by atoms with E-state index in [0.717, 1.165) is 11.3 Å². The lowest BCUT2D eigenvalue weighted by Crippen LogP contribution is -2.30. The van der Waals surface area contributed by atoms with Gasteiger partial charge >= 0.3 is 0 Å². The third kappa shape index (κ3) is 5.39. The molecule has 28 heavy (non-hydrogen) atoms. The fourth-order valence-electron chi connectivity index (χ4n) is 2.72. The Morgan fingerprint density at radius 1 is 1.04 bits per heavy atom. The van der Waals surface area contributed by atoms with Crippen molar-refractivity contribution in [3.05, 3.63) is 53.6 Å². The number of nitrogens with zero attached hydrogens (tertiary/aromatic N) is 2. The minimum atomic E-state index is 0.0367. The molecule has 2 rings (SSSR count). The molecule has 0 saturated heterocycles. The Hall–Kier alpha value is -3.22. The first-order chi connectivity index (χ1) is 13.5. The first kappa shape index (κ1) is 21.1. The number of hydrogen-bond acceptors (Lipinski definition) is 4. The predicted octanol–water partition coefficient (Wildman–Crippen LogP) is 3.11. The van der Waals surface area contributed by atoms with Crippen LogP contribution in [0, 0.1) is 0 Å². The molecule has 7 nitrogen and oxygen atoms in total. The van der Waals surface area contributed by atoms with Crippen LogP contribution in [0.25, 0.3) is 0 Å². The van der Waals surface area contributed by atoms with Gasteiger partial charge in [0, 0.05) is 30.4 Å². The summed E-state index contributed by atoms with van der Waals surface area (Å²) in [5.41, 5.74) is 8.36. The van der Waals surface area contributed by atoms with Gasteiger partial charge in [0.25, 0.3) is 5.91 Å². The summed E-state index contributed by atoms with van der Waals surface area (Å²) in [4.78, 5) is 18.5. The number of nitrogens with one attached hydrogen (secondary N) is 1. The zero-order valence-corrected chi connectivity index (χ0v) is 16.9. The number of methoxy groups -OCH3 is 2. The van der Waals surface area contributed by atoms with Gasteiger partial charge in [-0.1, -0.05) is 12.1 Å². The van der Waals surface area contributed by atoms with Gasteiger partial charge in [-0.2, -0.15) is 0 Å². The summed E-state index contributed by atoms with van der Waals surface area (Å²) < 4.78 is 10.5. The molecule has 0 unspecified atom stereocenters. The quantitative estimate of drug-likeness (QED) is 0.539. The molecule has 0 heterocycles. The number of amides is 1. The van der Waals surface area contributed by atoms with Crippen LogP contribution in [-0.4, -0.2) is 44.1 Å². The third-order valence-electron chi connectivity index (χ3n) is 4.34. The molecule has 2 aromatic carbocycles. The summed E-state index contributed by atoms with van der Waals surface area (Å²) in [6.45, 7) is 5.74. The molecule has 0 spiro atoms. The molecule has 2 aromatic rings. The molecular formula is C21H28N4O3. The van der Waals surface area contributed by atoms with Crippen LogP contribution in [0.15, 0.2) is 47.5 Å². The first-order valence-electron chi connectivity index (χ1n) is 9.19. The average Bonchev–Trinajstić information content (AvgIpc) is 2.73. The van der Waals surface area contributed by atoms with Gasteiger partial charge in [-0.05, 0) is 43.7 Å². The smallest absolute Gasteiger partial charge is 0.253 e. The van der Waals surface area contributed by atoms with E-state index in [1.807, 2.05) is 44.2 Å². The van der Waals surface area contributed by atoms with E-state index in [1.165, 1.54) is 0 Å². The van der Waals surface area contributed by atoms with Crippen LogP contribution >= 0.6 is 0 Å². The van der Waals surface area contributed by atoms with Gasteiger partial charge in [0.05, 0.1) is 20.8 Å². The Kier molecular flexibility index (Phi) is 7.68. The van der Waals surface area contributed by atoms with Crippen molar-refractivity contribution in [3.8, 4) is 11.5 Å². The second kappa shape index (κ2) is 10.2. The number of aliphatic imine (C=N–C) groups is 1. The number of rotatable bonds is 8. The van der Waals surface area contributed by atoms with Gasteiger partial charge in [0.1, 0.15) is 0 Å². The van der Waals surface area contributed by atoms with Crippen molar-refractivity contribution in [1.29, 1.82) is 0 Å². The lowest BCUT2D eigenvalue weighted by molar-refractivity contribution is 0.0773. The lowest BCUT2D eigenvalue weighted by Gasteiger charge is -2.18. The van der Waals surface area contributed by atoms with Crippen molar-refractivity contribution < 1.29 is 14.3 Å². The highest BCUT2D eigenvalue weighted by molar-refractivity contribution is 5.94. The SMILES string of the molecule is CCN(CC)C(=O)c1ccc(CN=C(N)Nc2ccc(OC)c(OC)c2)cc1. The Balaban J connectivity index is 2.00. The molecule has 0 radical (unpaired) electrons. The summed E-state index contributed by atoms with van der Waals surface area (Å²) in [6.07, 6.45) is 0. The van der Waals surface area contributed by atoms with Gasteiger partial charge in [-0.15, -0.1) is 0 Å². The normalized spacial score (nSPS) is 11.1. The molecule has 7 heteroatoms. The highest BCUT2D eigenvalue weighted by atomic mass is 16.5. The van der Waals surface area contributed by atoms with Crippen molar-refractivity contribution in [2.75, 3.05) is 32.6 Å². The van der Waals surface area contributed by atoms with Gasteiger partial charge < -0.3 is 25.4 Å². The maximum Gasteiger partial charge on any atom is 0.253 e. The van der Waals surface area contributed by atoms with E-state index in [9.17, 15) is 4.79 Å². The van der Waals surface area contributed by atoms with Crippen LogP contribution in [0.3, 0.4) is 0 Å². The van der Waals surface area contributed by atoms with Crippen LogP contribution in [0.5, 0.6) is 11.5 Å². The summed E-state index contributed by atoms with van der Waals surface area (Å²) in [5, 5.41) is 3.03. The number of anilines is 1. The van der Waals surface area contributed by atoms with E-state index in [-0.39, 0.29) is 11.9 Å². The number of benzene rings is 2. The summed E-state index contributed by atoms with van der Waals surface area (Å²) in [7, 11) is 3.16. The van der Waals surface area contributed by atoms with Crippen molar-refractivity contribution >= 4 is 17.6 Å². The van der Waals surface area contributed by atoms with Gasteiger partial charge in [0.15, 0.2) is 17.5 Å². The Bertz CT molecular complexity index is 815. The van der Waals surface area contributed by atoms with E-state index in [4.69, 9.17) is 15.2 Å². The molecule has 0 bridgehead atoms. The molecule has 0 saturated carbocycles. The fraction of sp³-hybridized carbons (Fsp3) is 0.333. The number of nitrogens with two attached hydrogens (primary N) is 1. The van der Waals surface area contributed by atoms with E-state index in [1.54, 1.807) is 31.3 Å². The molecule has 3 N–H and O–H groups in total. The summed E-state index contributed by atoms with van der Waals surface area (Å²) in [5.74, 6) is 1.57. The van der Waals surface area contributed by atoms with E-state index < -0.39 is 0 Å². The van der Waals surface area contributed by atoms with Crippen LogP contribution in [0.1, 0.15) is 29.8 Å². The number of carbonyl (C=O) groups is 1. The number of hydrogen-bond donors (Lipinski definition) is 2. The van der Waals surface area contributed by atoms with Gasteiger partial charge in [-0.25, -0.2) is 4.99 Å². The molecular weight excluding hydrogens is 356 g/mol. The van der Waals surface area contributed by atoms with E-state index >= 15 is 0 Å². The molecule has 0 aliphatic rings. The van der Waals surface area contributed by atoms with Crippen molar-refractivity contribution in [3.63, 3.8) is 0 Å². The number of guanidine groups is 1. The highest BCUT2D eigenvalue weighted by Crippen LogP contribution is 2.29. The van der Waals surface area contributed by atoms with Gasteiger partial charge in [0.2, 0.25) is 0 Å². The standard InChI is InChI=1S/C21H28N4O3/c1-5-25(6-2)20(26)16-9-7-15(8-10-16)14-23-21(22)24-17-11-12-18(27-3)19(13-17)28-4/h7-13H,5-6,14H2,1-4H3,(H3,22,23,24).